The summed E-state index contributed by atoms with van der Waals surface area (Å²) in [6, 6.07) is 6.68. The molecule has 2 heterocycles. The van der Waals surface area contributed by atoms with Crippen molar-refractivity contribution in [1.82, 2.24) is 4.98 Å². The van der Waals surface area contributed by atoms with Gasteiger partial charge in [0.25, 0.3) is 0 Å². The highest BCUT2D eigenvalue weighted by Gasteiger charge is 2.10. The number of hydrogen-bond acceptors (Lipinski definition) is 5. The zero-order chi connectivity index (χ0) is 12.1. The third-order valence-electron chi connectivity index (χ3n) is 2.09. The van der Waals surface area contributed by atoms with Gasteiger partial charge in [-0.1, -0.05) is 5.16 Å². The third kappa shape index (κ3) is 2.78. The maximum Gasteiger partial charge on any atom is 0.400 e. The molecule has 2 rings (SSSR count). The van der Waals surface area contributed by atoms with Gasteiger partial charge in [0.2, 0.25) is 5.76 Å². The van der Waals surface area contributed by atoms with Crippen LogP contribution in [-0.2, 0) is 4.84 Å². The average molecular weight is 230 g/mol. The van der Waals surface area contributed by atoms with Gasteiger partial charge in [-0.2, -0.15) is 0 Å². The summed E-state index contributed by atoms with van der Waals surface area (Å²) >= 11 is 0. The Labute approximate surface area is 97.7 Å². The Morgan fingerprint density at radius 3 is 2.76 bits per heavy atom. The first-order valence-corrected chi connectivity index (χ1v) is 4.97. The summed E-state index contributed by atoms with van der Waals surface area (Å²) in [6.07, 6.45) is 4.68. The van der Waals surface area contributed by atoms with Crippen LogP contribution in [0.15, 0.2) is 52.5 Å². The summed E-state index contributed by atoms with van der Waals surface area (Å²) in [5, 5.41) is 3.73. The third-order valence-corrected chi connectivity index (χ3v) is 2.09. The molecule has 86 valence electrons. The van der Waals surface area contributed by atoms with Crippen LogP contribution in [0.5, 0.6) is 0 Å². The van der Waals surface area contributed by atoms with Crippen molar-refractivity contribution >= 4 is 11.7 Å². The zero-order valence-electron chi connectivity index (χ0n) is 9.16. The number of furan rings is 1. The van der Waals surface area contributed by atoms with Crippen molar-refractivity contribution in [2.24, 2.45) is 5.16 Å². The average Bonchev–Trinajstić information content (AvgIpc) is 2.90. The smallest absolute Gasteiger partial charge is 0.400 e. The normalized spacial score (nSPS) is 11.2. The molecule has 0 N–H and O–H groups in total. The van der Waals surface area contributed by atoms with Gasteiger partial charge in [0.1, 0.15) is 0 Å². The Kier molecular flexibility index (Phi) is 3.30. The highest BCUT2D eigenvalue weighted by atomic mass is 16.7. The largest absolute Gasteiger partial charge is 0.457 e. The van der Waals surface area contributed by atoms with E-state index in [1.807, 2.05) is 0 Å². The molecule has 0 aliphatic rings. The molecule has 0 aromatic carbocycles. The van der Waals surface area contributed by atoms with Crippen LogP contribution < -0.4 is 0 Å². The zero-order valence-corrected chi connectivity index (χ0v) is 9.16. The van der Waals surface area contributed by atoms with Crippen LogP contribution in [0.4, 0.5) is 0 Å². The fourth-order valence-corrected chi connectivity index (χ4v) is 1.20. The maximum absolute atomic E-state index is 11.4. The molecule has 0 aliphatic heterocycles. The summed E-state index contributed by atoms with van der Waals surface area (Å²) in [5.74, 6) is -0.500. The van der Waals surface area contributed by atoms with E-state index in [0.717, 1.165) is 5.56 Å². The molecule has 0 spiro atoms. The number of nitrogens with zero attached hydrogens (tertiary/aromatic N) is 2. The van der Waals surface area contributed by atoms with Gasteiger partial charge in [0.05, 0.1) is 12.0 Å². The van der Waals surface area contributed by atoms with E-state index in [0.29, 0.717) is 5.71 Å². The van der Waals surface area contributed by atoms with Gasteiger partial charge in [0.15, 0.2) is 0 Å². The lowest BCUT2D eigenvalue weighted by molar-refractivity contribution is 0.0480. The van der Waals surface area contributed by atoms with E-state index < -0.39 is 5.97 Å². The number of oxime groups is 1. The summed E-state index contributed by atoms with van der Waals surface area (Å²) in [6.45, 7) is 1.74. The summed E-state index contributed by atoms with van der Waals surface area (Å²) in [7, 11) is 0. The number of pyridine rings is 1. The van der Waals surface area contributed by atoms with Crippen LogP contribution >= 0.6 is 0 Å². The molecule has 0 radical (unpaired) electrons. The van der Waals surface area contributed by atoms with Crippen molar-refractivity contribution in [3.8, 4) is 0 Å². The van der Waals surface area contributed by atoms with Crippen LogP contribution in [0.3, 0.4) is 0 Å². The van der Waals surface area contributed by atoms with E-state index in [-0.39, 0.29) is 5.76 Å². The molecule has 0 saturated carbocycles. The van der Waals surface area contributed by atoms with Crippen molar-refractivity contribution < 1.29 is 14.0 Å². The molecule has 5 nitrogen and oxygen atoms in total. The first-order valence-electron chi connectivity index (χ1n) is 4.97. The Morgan fingerprint density at radius 1 is 1.35 bits per heavy atom. The molecule has 17 heavy (non-hydrogen) atoms. The number of carbonyl (C=O) groups is 1. The molecule has 5 heteroatoms. The van der Waals surface area contributed by atoms with Gasteiger partial charge >= 0.3 is 5.97 Å². The van der Waals surface area contributed by atoms with Crippen LogP contribution in [-0.4, -0.2) is 16.7 Å². The second-order valence-corrected chi connectivity index (χ2v) is 3.27. The molecule has 0 atom stereocenters. The summed E-state index contributed by atoms with van der Waals surface area (Å²) in [5.41, 5.74) is 1.43. The van der Waals surface area contributed by atoms with Gasteiger partial charge in [-0.05, 0) is 31.2 Å². The molecule has 0 fully saturated rings. The fourth-order valence-electron chi connectivity index (χ4n) is 1.20. The van der Waals surface area contributed by atoms with E-state index in [1.54, 1.807) is 37.5 Å². The van der Waals surface area contributed by atoms with Crippen molar-refractivity contribution in [3.63, 3.8) is 0 Å². The molecule has 0 amide bonds. The second-order valence-electron chi connectivity index (χ2n) is 3.27. The van der Waals surface area contributed by atoms with Crippen molar-refractivity contribution in [1.29, 1.82) is 0 Å². The van der Waals surface area contributed by atoms with Gasteiger partial charge in [-0.3, -0.25) is 4.98 Å². The van der Waals surface area contributed by atoms with E-state index in [9.17, 15) is 4.79 Å². The topological polar surface area (TPSA) is 64.7 Å². The number of carbonyl (C=O) groups excluding carboxylic acids is 1. The monoisotopic (exact) mass is 230 g/mol. The standard InChI is InChI=1S/C12H10N2O3/c1-9(10-4-6-13-7-5-10)14-17-12(15)11-3-2-8-16-11/h2-8H,1H3/b14-9+. The SMILES string of the molecule is C/C(=N\OC(=O)c1ccco1)c1ccncc1. The Balaban J connectivity index is 2.04. The Hall–Kier alpha value is -2.43. The first-order chi connectivity index (χ1) is 8.27. The van der Waals surface area contributed by atoms with Gasteiger partial charge in [0, 0.05) is 18.0 Å². The van der Waals surface area contributed by atoms with Crippen LogP contribution in [0.25, 0.3) is 0 Å². The lowest BCUT2D eigenvalue weighted by atomic mass is 10.2. The highest BCUT2D eigenvalue weighted by Crippen LogP contribution is 2.04. The van der Waals surface area contributed by atoms with Crippen molar-refractivity contribution in [2.45, 2.75) is 6.92 Å². The summed E-state index contributed by atoms with van der Waals surface area (Å²) in [4.78, 5) is 20.0. The van der Waals surface area contributed by atoms with Gasteiger partial charge in [-0.15, -0.1) is 0 Å². The number of hydrogen-bond donors (Lipinski definition) is 0. The van der Waals surface area contributed by atoms with Crippen LogP contribution in [0.1, 0.15) is 23.0 Å². The molecule has 0 unspecified atom stereocenters. The van der Waals surface area contributed by atoms with E-state index in [4.69, 9.17) is 9.25 Å². The molecule has 2 aromatic heterocycles. The van der Waals surface area contributed by atoms with E-state index in [1.165, 1.54) is 12.3 Å². The lowest BCUT2D eigenvalue weighted by Crippen LogP contribution is -2.02. The minimum absolute atomic E-state index is 0.122. The Morgan fingerprint density at radius 2 is 2.12 bits per heavy atom. The van der Waals surface area contributed by atoms with Crippen LogP contribution in [0.2, 0.25) is 0 Å². The van der Waals surface area contributed by atoms with Gasteiger partial charge in [-0.25, -0.2) is 4.79 Å². The molecular formula is C12H10N2O3. The number of rotatable bonds is 3. The molecule has 0 aliphatic carbocycles. The van der Waals surface area contributed by atoms with E-state index >= 15 is 0 Å². The first kappa shape index (κ1) is 11.1. The molecule has 0 bridgehead atoms. The second kappa shape index (κ2) is 5.07. The van der Waals surface area contributed by atoms with Crippen molar-refractivity contribution in [3.05, 3.63) is 54.2 Å². The Bertz CT molecular complexity index is 518. The van der Waals surface area contributed by atoms with E-state index in [2.05, 4.69) is 10.1 Å². The summed E-state index contributed by atoms with van der Waals surface area (Å²) < 4.78 is 4.88. The predicted molar refractivity (Wildman–Crippen MR) is 60.6 cm³/mol. The fraction of sp³-hybridized carbons (Fsp3) is 0.0833. The maximum atomic E-state index is 11.4. The number of aromatic nitrogens is 1. The lowest BCUT2D eigenvalue weighted by Gasteiger charge is -1.98. The molecular weight excluding hydrogens is 220 g/mol. The molecule has 2 aromatic rings. The predicted octanol–water partition coefficient (Wildman–Crippen LogP) is 2.26. The minimum Gasteiger partial charge on any atom is -0.457 e. The van der Waals surface area contributed by atoms with Gasteiger partial charge < -0.3 is 9.25 Å². The van der Waals surface area contributed by atoms with Crippen LogP contribution in [0, 0.1) is 0 Å². The quantitative estimate of drug-likeness (QED) is 0.461. The minimum atomic E-state index is -0.622. The highest BCUT2D eigenvalue weighted by molar-refractivity contribution is 5.98. The molecule has 0 saturated heterocycles. The van der Waals surface area contributed by atoms with Crippen molar-refractivity contribution in [2.75, 3.05) is 0 Å².